The Hall–Kier alpha value is -1.36. The van der Waals surface area contributed by atoms with Crippen molar-refractivity contribution in [3.8, 4) is 0 Å². The standard InChI is InChI=1S/C11H20N4O/c1-3-5-13-11-14-9(2)8-10(15-11)12-6-4-7-16/h8,16H,3-7H2,1-2H3,(H2,12,13,14,15). The summed E-state index contributed by atoms with van der Waals surface area (Å²) in [5.74, 6) is 1.47. The molecule has 1 heterocycles. The lowest BCUT2D eigenvalue weighted by molar-refractivity contribution is 0.292. The van der Waals surface area contributed by atoms with Crippen LogP contribution < -0.4 is 10.6 Å². The van der Waals surface area contributed by atoms with Crippen LogP contribution in [0.3, 0.4) is 0 Å². The molecule has 0 aliphatic carbocycles. The first-order valence-corrected chi connectivity index (χ1v) is 5.70. The van der Waals surface area contributed by atoms with Gasteiger partial charge in [0.05, 0.1) is 0 Å². The third-order valence-electron chi connectivity index (χ3n) is 2.03. The summed E-state index contributed by atoms with van der Waals surface area (Å²) in [5, 5.41) is 15.0. The summed E-state index contributed by atoms with van der Waals surface area (Å²) in [7, 11) is 0. The summed E-state index contributed by atoms with van der Waals surface area (Å²) in [5.41, 5.74) is 0.931. The molecule has 0 aromatic carbocycles. The van der Waals surface area contributed by atoms with Gasteiger partial charge in [-0.15, -0.1) is 0 Å². The zero-order valence-electron chi connectivity index (χ0n) is 9.95. The number of aryl methyl sites for hydroxylation is 1. The van der Waals surface area contributed by atoms with Gasteiger partial charge in [-0.25, -0.2) is 4.98 Å². The van der Waals surface area contributed by atoms with Crippen LogP contribution in [-0.2, 0) is 0 Å². The fourth-order valence-electron chi connectivity index (χ4n) is 1.27. The Kier molecular flexibility index (Phi) is 5.56. The molecule has 0 amide bonds. The first-order chi connectivity index (χ1) is 7.76. The lowest BCUT2D eigenvalue weighted by Crippen LogP contribution is -2.09. The second kappa shape index (κ2) is 7.00. The number of aliphatic hydroxyl groups is 1. The van der Waals surface area contributed by atoms with Crippen molar-refractivity contribution in [2.24, 2.45) is 0 Å². The maximum atomic E-state index is 8.68. The first kappa shape index (κ1) is 12.7. The van der Waals surface area contributed by atoms with E-state index in [4.69, 9.17) is 5.11 Å². The van der Waals surface area contributed by atoms with Crippen LogP contribution in [0, 0.1) is 6.92 Å². The molecule has 1 aromatic heterocycles. The van der Waals surface area contributed by atoms with E-state index >= 15 is 0 Å². The van der Waals surface area contributed by atoms with Gasteiger partial charge < -0.3 is 15.7 Å². The monoisotopic (exact) mass is 224 g/mol. The molecule has 5 heteroatoms. The van der Waals surface area contributed by atoms with E-state index in [1.807, 2.05) is 13.0 Å². The number of rotatable bonds is 7. The highest BCUT2D eigenvalue weighted by molar-refractivity contribution is 5.41. The molecular weight excluding hydrogens is 204 g/mol. The van der Waals surface area contributed by atoms with Crippen molar-refractivity contribution in [3.05, 3.63) is 11.8 Å². The quantitative estimate of drug-likeness (QED) is 0.611. The van der Waals surface area contributed by atoms with Crippen LogP contribution in [0.2, 0.25) is 0 Å². The molecule has 3 N–H and O–H groups in total. The normalized spacial score (nSPS) is 10.2. The number of anilines is 2. The molecule has 0 atom stereocenters. The molecule has 0 spiro atoms. The molecule has 0 fully saturated rings. The van der Waals surface area contributed by atoms with E-state index in [-0.39, 0.29) is 6.61 Å². The topological polar surface area (TPSA) is 70.1 Å². The molecule has 0 unspecified atom stereocenters. The Balaban J connectivity index is 2.58. The average Bonchev–Trinajstić information content (AvgIpc) is 2.26. The predicted octanol–water partition coefficient (Wildman–Crippen LogP) is 1.40. The van der Waals surface area contributed by atoms with Gasteiger partial charge in [-0.1, -0.05) is 6.92 Å². The predicted molar refractivity (Wildman–Crippen MR) is 65.7 cm³/mol. The first-order valence-electron chi connectivity index (χ1n) is 5.70. The highest BCUT2D eigenvalue weighted by Gasteiger charge is 2.00. The molecule has 0 aliphatic rings. The number of aliphatic hydroxyl groups excluding tert-OH is 1. The summed E-state index contributed by atoms with van der Waals surface area (Å²) >= 11 is 0. The number of aromatic nitrogens is 2. The minimum Gasteiger partial charge on any atom is -0.396 e. The number of nitrogens with one attached hydrogen (secondary N) is 2. The van der Waals surface area contributed by atoms with Gasteiger partial charge in [0.1, 0.15) is 5.82 Å². The molecule has 16 heavy (non-hydrogen) atoms. The molecule has 0 bridgehead atoms. The molecule has 1 rings (SSSR count). The van der Waals surface area contributed by atoms with Crippen molar-refractivity contribution in [1.82, 2.24) is 9.97 Å². The van der Waals surface area contributed by atoms with Gasteiger partial charge in [0.2, 0.25) is 5.95 Å². The van der Waals surface area contributed by atoms with Crippen LogP contribution in [0.15, 0.2) is 6.07 Å². The molecule has 90 valence electrons. The van der Waals surface area contributed by atoms with Crippen LogP contribution in [-0.4, -0.2) is 34.8 Å². The summed E-state index contributed by atoms with van der Waals surface area (Å²) in [6, 6.07) is 1.90. The van der Waals surface area contributed by atoms with Crippen molar-refractivity contribution in [2.75, 3.05) is 30.3 Å². The van der Waals surface area contributed by atoms with Crippen molar-refractivity contribution < 1.29 is 5.11 Å². The summed E-state index contributed by atoms with van der Waals surface area (Å²) < 4.78 is 0. The minimum absolute atomic E-state index is 0.192. The van der Waals surface area contributed by atoms with Crippen molar-refractivity contribution in [1.29, 1.82) is 0 Å². The number of nitrogens with zero attached hydrogens (tertiary/aromatic N) is 2. The van der Waals surface area contributed by atoms with Crippen LogP contribution in [0.1, 0.15) is 25.5 Å². The van der Waals surface area contributed by atoms with E-state index in [2.05, 4.69) is 27.5 Å². The van der Waals surface area contributed by atoms with Gasteiger partial charge in [0.15, 0.2) is 0 Å². The second-order valence-corrected chi connectivity index (χ2v) is 3.65. The van der Waals surface area contributed by atoms with E-state index in [1.54, 1.807) is 0 Å². The Morgan fingerprint density at radius 3 is 2.75 bits per heavy atom. The van der Waals surface area contributed by atoms with Crippen molar-refractivity contribution in [3.63, 3.8) is 0 Å². The average molecular weight is 224 g/mol. The van der Waals surface area contributed by atoms with Crippen LogP contribution in [0.4, 0.5) is 11.8 Å². The summed E-state index contributed by atoms with van der Waals surface area (Å²) in [4.78, 5) is 8.62. The fourth-order valence-corrected chi connectivity index (χ4v) is 1.27. The van der Waals surface area contributed by atoms with Gasteiger partial charge in [-0.2, -0.15) is 4.98 Å². The lowest BCUT2D eigenvalue weighted by Gasteiger charge is -2.08. The SMILES string of the molecule is CCCNc1nc(C)cc(NCCCO)n1. The molecule has 0 aliphatic heterocycles. The van der Waals surface area contributed by atoms with Crippen molar-refractivity contribution >= 4 is 11.8 Å². The maximum Gasteiger partial charge on any atom is 0.224 e. The van der Waals surface area contributed by atoms with Crippen LogP contribution >= 0.6 is 0 Å². The second-order valence-electron chi connectivity index (χ2n) is 3.65. The summed E-state index contributed by atoms with van der Waals surface area (Å²) in [6.07, 6.45) is 1.77. The molecule has 0 saturated heterocycles. The van der Waals surface area contributed by atoms with Gasteiger partial charge in [-0.3, -0.25) is 0 Å². The van der Waals surface area contributed by atoms with Gasteiger partial charge in [0.25, 0.3) is 0 Å². The summed E-state index contributed by atoms with van der Waals surface area (Å²) in [6.45, 7) is 5.83. The highest BCUT2D eigenvalue weighted by Crippen LogP contribution is 2.09. The Bertz CT molecular complexity index is 317. The Labute approximate surface area is 96.3 Å². The largest absolute Gasteiger partial charge is 0.396 e. The Morgan fingerprint density at radius 2 is 2.06 bits per heavy atom. The van der Waals surface area contributed by atoms with E-state index in [0.29, 0.717) is 5.95 Å². The third-order valence-corrected chi connectivity index (χ3v) is 2.03. The van der Waals surface area contributed by atoms with E-state index in [1.165, 1.54) is 0 Å². The Morgan fingerprint density at radius 1 is 1.25 bits per heavy atom. The van der Waals surface area contributed by atoms with E-state index in [9.17, 15) is 0 Å². The molecule has 0 saturated carbocycles. The maximum absolute atomic E-state index is 8.68. The van der Waals surface area contributed by atoms with Crippen LogP contribution in [0.25, 0.3) is 0 Å². The molecule has 5 nitrogen and oxygen atoms in total. The third kappa shape index (κ3) is 4.44. The van der Waals surface area contributed by atoms with Gasteiger partial charge >= 0.3 is 0 Å². The van der Waals surface area contributed by atoms with E-state index < -0.39 is 0 Å². The minimum atomic E-state index is 0.192. The van der Waals surface area contributed by atoms with E-state index in [0.717, 1.165) is 37.4 Å². The molecule has 1 aromatic rings. The highest BCUT2D eigenvalue weighted by atomic mass is 16.3. The van der Waals surface area contributed by atoms with Gasteiger partial charge in [-0.05, 0) is 19.8 Å². The lowest BCUT2D eigenvalue weighted by atomic mass is 10.4. The smallest absolute Gasteiger partial charge is 0.224 e. The fraction of sp³-hybridized carbons (Fsp3) is 0.636. The molecular formula is C11H20N4O. The van der Waals surface area contributed by atoms with Crippen molar-refractivity contribution in [2.45, 2.75) is 26.7 Å². The zero-order chi connectivity index (χ0) is 11.8. The number of hydrogen-bond donors (Lipinski definition) is 3. The zero-order valence-corrected chi connectivity index (χ0v) is 9.95. The number of hydrogen-bond acceptors (Lipinski definition) is 5. The molecule has 0 radical (unpaired) electrons. The van der Waals surface area contributed by atoms with Crippen LogP contribution in [0.5, 0.6) is 0 Å². The van der Waals surface area contributed by atoms with Gasteiger partial charge in [0, 0.05) is 31.5 Å².